The summed E-state index contributed by atoms with van der Waals surface area (Å²) in [6.07, 6.45) is 9.75. The standard InChI is InChI=1S/C28H30N8O/c1-20-23(27(37)35-14-5-4-8-26(35)31-20)11-17-34-15-9-21(10-16-34)32-28-33-24-6-2-3-7-25(24)36(28)19-22-18-29-12-13-30-22/h2-8,12-14,18,21H,9-11,15-17,19H2,1H3,(H,32,33). The maximum atomic E-state index is 13.0. The minimum absolute atomic E-state index is 0.0432. The maximum Gasteiger partial charge on any atom is 0.261 e. The summed E-state index contributed by atoms with van der Waals surface area (Å²) in [4.78, 5) is 33.6. The molecule has 1 saturated heterocycles. The molecule has 0 amide bonds. The van der Waals surface area contributed by atoms with E-state index in [4.69, 9.17) is 4.98 Å². The molecule has 5 aromatic rings. The zero-order chi connectivity index (χ0) is 25.2. The molecule has 0 saturated carbocycles. The van der Waals surface area contributed by atoms with E-state index in [2.05, 4.69) is 35.8 Å². The third-order valence-corrected chi connectivity index (χ3v) is 7.22. The van der Waals surface area contributed by atoms with Crippen LogP contribution in [-0.4, -0.2) is 59.5 Å². The molecule has 0 atom stereocenters. The van der Waals surface area contributed by atoms with Gasteiger partial charge in [0, 0.05) is 55.5 Å². The number of fused-ring (bicyclic) bond motifs is 2. The molecular weight excluding hydrogens is 464 g/mol. The minimum atomic E-state index is 0.0432. The summed E-state index contributed by atoms with van der Waals surface area (Å²) in [6.45, 7) is 5.36. The van der Waals surface area contributed by atoms with Gasteiger partial charge in [0.25, 0.3) is 5.56 Å². The molecule has 5 heterocycles. The van der Waals surface area contributed by atoms with Crippen LogP contribution in [0.5, 0.6) is 0 Å². The average Bonchev–Trinajstić information content (AvgIpc) is 3.26. The van der Waals surface area contributed by atoms with Gasteiger partial charge in [-0.05, 0) is 50.5 Å². The van der Waals surface area contributed by atoms with Crippen LogP contribution in [0.3, 0.4) is 0 Å². The van der Waals surface area contributed by atoms with Gasteiger partial charge in [-0.15, -0.1) is 0 Å². The molecule has 1 fully saturated rings. The summed E-state index contributed by atoms with van der Waals surface area (Å²) >= 11 is 0. The Hall–Kier alpha value is -4.11. The Labute approximate surface area is 214 Å². The Morgan fingerprint density at radius 1 is 1.03 bits per heavy atom. The third-order valence-electron chi connectivity index (χ3n) is 7.22. The van der Waals surface area contributed by atoms with Crippen molar-refractivity contribution in [3.8, 4) is 0 Å². The first-order chi connectivity index (χ1) is 18.2. The molecule has 0 spiro atoms. The van der Waals surface area contributed by atoms with Gasteiger partial charge >= 0.3 is 0 Å². The molecule has 9 nitrogen and oxygen atoms in total. The van der Waals surface area contributed by atoms with Crippen LogP contribution < -0.4 is 10.9 Å². The number of nitrogens with one attached hydrogen (secondary N) is 1. The van der Waals surface area contributed by atoms with Crippen LogP contribution in [-0.2, 0) is 13.0 Å². The molecule has 37 heavy (non-hydrogen) atoms. The van der Waals surface area contributed by atoms with Gasteiger partial charge in [0.15, 0.2) is 0 Å². The van der Waals surface area contributed by atoms with E-state index in [1.165, 1.54) is 0 Å². The summed E-state index contributed by atoms with van der Waals surface area (Å²) in [6, 6.07) is 14.2. The van der Waals surface area contributed by atoms with E-state index in [-0.39, 0.29) is 5.56 Å². The number of anilines is 1. The second kappa shape index (κ2) is 10.1. The van der Waals surface area contributed by atoms with E-state index >= 15 is 0 Å². The van der Waals surface area contributed by atoms with E-state index < -0.39 is 0 Å². The Balaban J connectivity index is 1.11. The number of aromatic nitrogens is 6. The first kappa shape index (κ1) is 23.3. The summed E-state index contributed by atoms with van der Waals surface area (Å²) < 4.78 is 3.83. The van der Waals surface area contributed by atoms with Gasteiger partial charge in [-0.3, -0.25) is 19.2 Å². The topological polar surface area (TPSA) is 93.2 Å². The number of para-hydroxylation sites is 2. The van der Waals surface area contributed by atoms with Crippen LogP contribution in [0.25, 0.3) is 16.7 Å². The number of rotatable bonds is 7. The number of hydrogen-bond acceptors (Lipinski definition) is 7. The minimum Gasteiger partial charge on any atom is -0.353 e. The zero-order valence-corrected chi connectivity index (χ0v) is 20.9. The van der Waals surface area contributed by atoms with Gasteiger partial charge in [-0.25, -0.2) is 9.97 Å². The average molecular weight is 495 g/mol. The van der Waals surface area contributed by atoms with E-state index in [9.17, 15) is 4.79 Å². The van der Waals surface area contributed by atoms with E-state index in [0.29, 0.717) is 24.7 Å². The van der Waals surface area contributed by atoms with Crippen LogP contribution in [0.15, 0.2) is 72.0 Å². The molecule has 9 heteroatoms. The highest BCUT2D eigenvalue weighted by molar-refractivity contribution is 5.78. The van der Waals surface area contributed by atoms with Gasteiger partial charge in [0.1, 0.15) is 5.65 Å². The van der Waals surface area contributed by atoms with E-state index in [0.717, 1.165) is 66.4 Å². The number of piperidine rings is 1. The van der Waals surface area contributed by atoms with Gasteiger partial charge in [-0.2, -0.15) is 0 Å². The smallest absolute Gasteiger partial charge is 0.261 e. The lowest BCUT2D eigenvalue weighted by Gasteiger charge is -2.32. The predicted octanol–water partition coefficient (Wildman–Crippen LogP) is 3.31. The van der Waals surface area contributed by atoms with Gasteiger partial charge in [-0.1, -0.05) is 18.2 Å². The van der Waals surface area contributed by atoms with Gasteiger partial charge in [0.05, 0.1) is 29.5 Å². The van der Waals surface area contributed by atoms with Crippen LogP contribution in [0.2, 0.25) is 0 Å². The second-order valence-corrected chi connectivity index (χ2v) is 9.63. The molecule has 1 aliphatic heterocycles. The molecule has 4 aromatic heterocycles. The van der Waals surface area contributed by atoms with Crippen molar-refractivity contribution in [2.75, 3.05) is 25.0 Å². The molecular formula is C28H30N8O. The fraction of sp³-hybridized carbons (Fsp3) is 0.321. The number of imidazole rings is 1. The second-order valence-electron chi connectivity index (χ2n) is 9.63. The number of aryl methyl sites for hydroxylation is 1. The van der Waals surface area contributed by atoms with Crippen molar-refractivity contribution < 1.29 is 0 Å². The fourth-order valence-corrected chi connectivity index (χ4v) is 5.20. The highest BCUT2D eigenvalue weighted by Gasteiger charge is 2.22. The van der Waals surface area contributed by atoms with Crippen molar-refractivity contribution in [3.63, 3.8) is 0 Å². The molecule has 188 valence electrons. The molecule has 0 unspecified atom stereocenters. The highest BCUT2D eigenvalue weighted by Crippen LogP contribution is 2.23. The van der Waals surface area contributed by atoms with Crippen molar-refractivity contribution in [1.82, 2.24) is 33.8 Å². The first-order valence-corrected chi connectivity index (χ1v) is 12.8. The number of nitrogens with zero attached hydrogens (tertiary/aromatic N) is 7. The molecule has 1 N–H and O–H groups in total. The number of hydrogen-bond donors (Lipinski definition) is 1. The Bertz CT molecular complexity index is 1580. The largest absolute Gasteiger partial charge is 0.353 e. The quantitative estimate of drug-likeness (QED) is 0.371. The third kappa shape index (κ3) is 4.82. The molecule has 1 aromatic carbocycles. The van der Waals surface area contributed by atoms with Gasteiger partial charge < -0.3 is 14.8 Å². The molecule has 0 radical (unpaired) electrons. The van der Waals surface area contributed by atoms with Crippen molar-refractivity contribution in [2.24, 2.45) is 0 Å². The summed E-state index contributed by atoms with van der Waals surface area (Å²) in [7, 11) is 0. The molecule has 6 rings (SSSR count). The van der Waals surface area contributed by atoms with Crippen molar-refractivity contribution in [3.05, 3.63) is 94.6 Å². The van der Waals surface area contributed by atoms with Crippen LogP contribution in [0.1, 0.15) is 29.8 Å². The van der Waals surface area contributed by atoms with Crippen molar-refractivity contribution in [1.29, 1.82) is 0 Å². The Morgan fingerprint density at radius 2 is 1.86 bits per heavy atom. The van der Waals surface area contributed by atoms with Crippen molar-refractivity contribution >= 4 is 22.6 Å². The lowest BCUT2D eigenvalue weighted by atomic mass is 10.0. The molecule has 1 aliphatic rings. The fourth-order valence-electron chi connectivity index (χ4n) is 5.20. The number of benzene rings is 1. The molecule has 0 bridgehead atoms. The number of likely N-dealkylation sites (tertiary alicyclic amines) is 1. The van der Waals surface area contributed by atoms with E-state index in [1.54, 1.807) is 29.2 Å². The van der Waals surface area contributed by atoms with E-state index in [1.807, 2.05) is 43.3 Å². The lowest BCUT2D eigenvalue weighted by molar-refractivity contribution is 0.220. The van der Waals surface area contributed by atoms with Crippen LogP contribution >= 0.6 is 0 Å². The number of pyridine rings is 1. The zero-order valence-electron chi connectivity index (χ0n) is 20.9. The summed E-state index contributed by atoms with van der Waals surface area (Å²) in [5, 5.41) is 3.71. The van der Waals surface area contributed by atoms with Crippen molar-refractivity contribution in [2.45, 2.75) is 38.8 Å². The Kier molecular flexibility index (Phi) is 6.36. The Morgan fingerprint density at radius 3 is 2.70 bits per heavy atom. The van der Waals surface area contributed by atoms with Crippen LogP contribution in [0.4, 0.5) is 5.95 Å². The van der Waals surface area contributed by atoms with Crippen LogP contribution in [0, 0.1) is 6.92 Å². The predicted molar refractivity (Wildman–Crippen MR) is 144 cm³/mol. The maximum absolute atomic E-state index is 13.0. The molecule has 0 aliphatic carbocycles. The lowest BCUT2D eigenvalue weighted by Crippen LogP contribution is -2.41. The van der Waals surface area contributed by atoms with Gasteiger partial charge in [0.2, 0.25) is 5.95 Å². The first-order valence-electron chi connectivity index (χ1n) is 12.8. The highest BCUT2D eigenvalue weighted by atomic mass is 16.1. The summed E-state index contributed by atoms with van der Waals surface area (Å²) in [5.41, 5.74) is 5.33. The summed E-state index contributed by atoms with van der Waals surface area (Å²) in [5.74, 6) is 0.871. The normalized spacial score (nSPS) is 14.9. The SMILES string of the molecule is Cc1nc2ccccn2c(=O)c1CCN1CCC(Nc2nc3ccccc3n2Cc2cnccn2)CC1. The monoisotopic (exact) mass is 494 g/mol.